The van der Waals surface area contributed by atoms with Crippen molar-refractivity contribution in [3.63, 3.8) is 0 Å². The third-order valence-corrected chi connectivity index (χ3v) is 10.7. The number of phosphoric ester groups is 2. The van der Waals surface area contributed by atoms with Crippen molar-refractivity contribution in [1.29, 1.82) is 0 Å². The second-order valence-corrected chi connectivity index (χ2v) is 16.0. The molecule has 7 heterocycles. The monoisotopic (exact) mass is 790 g/mol. The molecular weight excluding hydrogens is 757 g/mol. The Hall–Kier alpha value is -4.00. The first kappa shape index (κ1) is 37.3. The van der Waals surface area contributed by atoms with Gasteiger partial charge in [-0.3, -0.25) is 41.8 Å². The number of nitrogens with zero attached hydrogens (tertiary/aromatic N) is 7. The summed E-state index contributed by atoms with van der Waals surface area (Å²) in [5.74, 6) is -1.10. The van der Waals surface area contributed by atoms with E-state index in [4.69, 9.17) is 48.3 Å². The predicted molar refractivity (Wildman–Crippen MR) is 172 cm³/mol. The number of esters is 1. The third kappa shape index (κ3) is 7.17. The molecule has 7 N–H and O–H groups in total. The van der Waals surface area contributed by atoms with E-state index < -0.39 is 102 Å². The lowest BCUT2D eigenvalue weighted by Gasteiger charge is -2.27. The van der Waals surface area contributed by atoms with Gasteiger partial charge in [-0.15, -0.1) is 0 Å². The van der Waals surface area contributed by atoms with Gasteiger partial charge in [0.15, 0.2) is 41.3 Å². The highest BCUT2D eigenvalue weighted by Crippen LogP contribution is 2.56. The van der Waals surface area contributed by atoms with Crippen molar-refractivity contribution in [2.75, 3.05) is 31.5 Å². The van der Waals surface area contributed by atoms with Crippen molar-refractivity contribution in [2.24, 2.45) is 5.41 Å². The van der Waals surface area contributed by atoms with E-state index in [1.165, 1.54) is 0 Å². The molecule has 288 valence electrons. The quantitative estimate of drug-likeness (QED) is 0.102. The molecule has 0 saturated carbocycles. The summed E-state index contributed by atoms with van der Waals surface area (Å²) in [6.45, 7) is 1.85. The average molecular weight is 791 g/mol. The molecular formula is C26H33FN10O14P2. The number of H-pyrrole nitrogens is 1. The number of nitrogen functional groups attached to an aromatic ring is 2. The number of anilines is 2. The number of rotatable bonds is 5. The summed E-state index contributed by atoms with van der Waals surface area (Å²) < 4.78 is 90.2. The van der Waals surface area contributed by atoms with Crippen LogP contribution in [0.25, 0.3) is 22.3 Å². The largest absolute Gasteiger partial charge is 0.478 e. The standard InChI is InChI=1S/C26H33FN10O14P2/c1-26(2,3)24(40)44-9-47-53(43)46-5-11-16(12(27)22(49-11)36-7-32-13-18(28)30-6-31-19(13)36)50-52(41,42)45-4-10-15(38)17(51-53)23(48-10)37-8-33-14-20(37)34-25(29)35-21(14)39/h6-8,10-12,15-17,22-23,38H,4-5,9H2,1-3H3,(H,41,42)(H2,28,30,31)(H3,29,34,35,39)/t10-,11-,12?,15?,16?,17?,22-,23-,53?/m1/s1. The van der Waals surface area contributed by atoms with Crippen LogP contribution in [0.2, 0.25) is 0 Å². The van der Waals surface area contributed by atoms with Crippen LogP contribution < -0.4 is 17.0 Å². The number of fused-ring (bicyclic) bond motifs is 5. The number of hydrogen-bond donors (Lipinski definition) is 5. The lowest BCUT2D eigenvalue weighted by atomic mass is 9.98. The van der Waals surface area contributed by atoms with Crippen molar-refractivity contribution < 1.29 is 65.1 Å². The number of nitrogens with two attached hydrogens (primary N) is 2. The topological polar surface area (TPSA) is 325 Å². The van der Waals surface area contributed by atoms with Gasteiger partial charge in [0.1, 0.15) is 42.4 Å². The number of alkyl halides is 1. The van der Waals surface area contributed by atoms with Crippen LogP contribution in [-0.4, -0.2) is 112 Å². The Balaban J connectivity index is 1.24. The van der Waals surface area contributed by atoms with E-state index in [1.807, 2.05) is 0 Å². The molecule has 7 rings (SSSR count). The number of ether oxygens (including phenoxy) is 3. The Morgan fingerprint density at radius 3 is 2.42 bits per heavy atom. The predicted octanol–water partition coefficient (Wildman–Crippen LogP) is 0.207. The van der Waals surface area contributed by atoms with E-state index in [9.17, 15) is 28.7 Å². The summed E-state index contributed by atoms with van der Waals surface area (Å²) in [5.41, 5.74) is 9.64. The van der Waals surface area contributed by atoms with Gasteiger partial charge < -0.3 is 35.7 Å². The molecule has 27 heteroatoms. The number of aromatic amines is 1. The van der Waals surface area contributed by atoms with E-state index in [2.05, 4.69) is 29.9 Å². The van der Waals surface area contributed by atoms with Crippen LogP contribution >= 0.6 is 15.6 Å². The van der Waals surface area contributed by atoms with Gasteiger partial charge in [0.05, 0.1) is 31.3 Å². The second-order valence-electron chi connectivity index (χ2n) is 13.0. The zero-order chi connectivity index (χ0) is 38.0. The lowest BCUT2D eigenvalue weighted by molar-refractivity contribution is -0.161. The third-order valence-electron chi connectivity index (χ3n) is 8.28. The van der Waals surface area contributed by atoms with Gasteiger partial charge >= 0.3 is 21.6 Å². The SMILES string of the molecule is CC(C)(C)C(=O)OCOP1(=O)OC[C@H]2O[C@@H](n3cnc4c(N)ncnc43)C(F)C2OP(=O)(O)OC[C@H]2O[C@@H](n3cnc4c(=O)[nH]c(N)nc43)C(O1)C2O. The highest BCUT2D eigenvalue weighted by molar-refractivity contribution is 7.48. The number of hydrogen-bond acceptors (Lipinski definition) is 20. The molecule has 0 radical (unpaired) electrons. The van der Waals surface area contributed by atoms with Crippen molar-refractivity contribution >= 4 is 55.7 Å². The van der Waals surface area contributed by atoms with Crippen LogP contribution in [0.5, 0.6) is 0 Å². The van der Waals surface area contributed by atoms with Gasteiger partial charge in [0.25, 0.3) is 5.56 Å². The minimum atomic E-state index is -5.22. The van der Waals surface area contributed by atoms with Crippen LogP contribution in [0.4, 0.5) is 16.2 Å². The Bertz CT molecular complexity index is 2200. The maximum absolute atomic E-state index is 16.3. The van der Waals surface area contributed by atoms with Gasteiger partial charge in [0, 0.05) is 0 Å². The zero-order valence-electron chi connectivity index (χ0n) is 27.8. The summed E-state index contributed by atoms with van der Waals surface area (Å²) >= 11 is 0. The summed E-state index contributed by atoms with van der Waals surface area (Å²) in [4.78, 5) is 58.0. The fraction of sp³-hybridized carbons (Fsp3) is 0.577. The number of carbonyl (C=O) groups is 1. The molecule has 2 bridgehead atoms. The van der Waals surface area contributed by atoms with Crippen molar-refractivity contribution in [2.45, 2.75) is 69.9 Å². The number of carbonyl (C=O) groups excluding carboxylic acids is 1. The van der Waals surface area contributed by atoms with Crippen molar-refractivity contribution in [3.8, 4) is 0 Å². The molecule has 3 fully saturated rings. The van der Waals surface area contributed by atoms with Crippen LogP contribution in [0.1, 0.15) is 33.2 Å². The number of phosphoric acid groups is 2. The smallest absolute Gasteiger partial charge is 0.437 e. The lowest BCUT2D eigenvalue weighted by Crippen LogP contribution is -2.36. The molecule has 3 aliphatic rings. The molecule has 0 spiro atoms. The van der Waals surface area contributed by atoms with E-state index >= 15 is 4.39 Å². The van der Waals surface area contributed by atoms with E-state index in [0.717, 1.165) is 28.1 Å². The van der Waals surface area contributed by atoms with Gasteiger partial charge in [0.2, 0.25) is 12.7 Å². The maximum Gasteiger partial charge on any atom is 0.478 e. The van der Waals surface area contributed by atoms with Gasteiger partial charge in [-0.05, 0) is 20.8 Å². The molecule has 0 aromatic carbocycles. The van der Waals surface area contributed by atoms with Crippen molar-refractivity contribution in [1.82, 2.24) is 39.0 Å². The maximum atomic E-state index is 16.3. The van der Waals surface area contributed by atoms with Crippen molar-refractivity contribution in [3.05, 3.63) is 29.3 Å². The minimum Gasteiger partial charge on any atom is -0.437 e. The molecule has 3 saturated heterocycles. The summed E-state index contributed by atoms with van der Waals surface area (Å²) in [6, 6.07) is 0. The molecule has 10 atom stereocenters. The number of imidazole rings is 2. The zero-order valence-corrected chi connectivity index (χ0v) is 29.6. The normalized spacial score (nSPS) is 34.0. The highest BCUT2D eigenvalue weighted by Gasteiger charge is 2.55. The van der Waals surface area contributed by atoms with Gasteiger partial charge in [-0.25, -0.2) is 38.0 Å². The first-order chi connectivity index (χ1) is 24.9. The van der Waals surface area contributed by atoms with Crippen LogP contribution in [-0.2, 0) is 50.8 Å². The fourth-order valence-corrected chi connectivity index (χ4v) is 7.87. The summed E-state index contributed by atoms with van der Waals surface area (Å²) in [7, 11) is -10.3. The first-order valence-corrected chi connectivity index (χ1v) is 18.6. The first-order valence-electron chi connectivity index (χ1n) is 15.6. The second kappa shape index (κ2) is 13.7. The number of aromatic nitrogens is 8. The molecule has 0 aliphatic carbocycles. The number of aliphatic hydroxyl groups excluding tert-OH is 1. The van der Waals surface area contributed by atoms with Gasteiger partial charge in [-0.2, -0.15) is 4.98 Å². The summed E-state index contributed by atoms with van der Waals surface area (Å²) in [6.07, 6.45) is -10.8. The Morgan fingerprint density at radius 2 is 1.68 bits per heavy atom. The Kier molecular flexibility index (Phi) is 9.64. The molecule has 0 amide bonds. The minimum absolute atomic E-state index is 0.0213. The van der Waals surface area contributed by atoms with Gasteiger partial charge in [-0.1, -0.05) is 0 Å². The molecule has 3 aliphatic heterocycles. The van der Waals surface area contributed by atoms with Crippen LogP contribution in [0.3, 0.4) is 0 Å². The Morgan fingerprint density at radius 1 is 1.00 bits per heavy atom. The number of aliphatic hydroxyl groups is 1. The number of halogens is 1. The van der Waals surface area contributed by atoms with E-state index in [1.54, 1.807) is 20.8 Å². The Labute approximate surface area is 296 Å². The molecule has 4 aromatic rings. The molecule has 53 heavy (non-hydrogen) atoms. The average Bonchev–Trinajstić information content (AvgIpc) is 3.84. The van der Waals surface area contributed by atoms with Crippen LogP contribution in [0.15, 0.2) is 23.8 Å². The molecule has 6 unspecified atom stereocenters. The van der Waals surface area contributed by atoms with E-state index in [-0.39, 0.29) is 34.1 Å². The van der Waals surface area contributed by atoms with Crippen LogP contribution in [0, 0.1) is 5.41 Å². The summed E-state index contributed by atoms with van der Waals surface area (Å²) in [5, 5.41) is 11.4. The number of nitrogens with one attached hydrogen (secondary N) is 1. The molecule has 4 aromatic heterocycles. The highest BCUT2D eigenvalue weighted by atomic mass is 31.2. The fourth-order valence-electron chi connectivity index (χ4n) is 5.68. The van der Waals surface area contributed by atoms with E-state index in [0.29, 0.717) is 0 Å². The molecule has 24 nitrogen and oxygen atoms in total.